The fourth-order valence-electron chi connectivity index (χ4n) is 4.23. The van der Waals surface area contributed by atoms with Crippen molar-refractivity contribution in [2.24, 2.45) is 11.8 Å². The normalized spacial score (nSPS) is 27.2. The first kappa shape index (κ1) is 16.2. The third-order valence-corrected chi connectivity index (χ3v) is 5.90. The molecule has 22 heavy (non-hydrogen) atoms. The maximum absolute atomic E-state index is 12.5. The molecule has 3 rings (SSSR count). The smallest absolute Gasteiger partial charge is 0.236 e. The minimum absolute atomic E-state index is 0.355. The lowest BCUT2D eigenvalue weighted by Crippen LogP contribution is -2.50. The second kappa shape index (κ2) is 7.75. The number of hydrogen-bond acceptors (Lipinski definition) is 4. The van der Waals surface area contributed by atoms with E-state index in [-0.39, 0.29) is 0 Å². The number of piperidine rings is 2. The molecule has 0 saturated carbocycles. The molecule has 3 fully saturated rings. The lowest BCUT2D eigenvalue weighted by Gasteiger charge is -2.39. The van der Waals surface area contributed by atoms with Gasteiger partial charge in [0.1, 0.15) is 0 Å². The summed E-state index contributed by atoms with van der Waals surface area (Å²) < 4.78 is 0. The molecular weight excluding hydrogens is 276 g/mol. The van der Waals surface area contributed by atoms with Crippen LogP contribution in [0.25, 0.3) is 0 Å². The molecule has 0 aliphatic carbocycles. The summed E-state index contributed by atoms with van der Waals surface area (Å²) in [7, 11) is 2.16. The van der Waals surface area contributed by atoms with Crippen LogP contribution in [0.3, 0.4) is 0 Å². The highest BCUT2D eigenvalue weighted by Crippen LogP contribution is 2.30. The van der Waals surface area contributed by atoms with Crippen LogP contribution in [0.15, 0.2) is 0 Å². The molecule has 0 atom stereocenters. The summed E-state index contributed by atoms with van der Waals surface area (Å²) in [4.78, 5) is 19.3. The predicted molar refractivity (Wildman–Crippen MR) is 88.8 cm³/mol. The molecule has 126 valence electrons. The van der Waals surface area contributed by atoms with E-state index < -0.39 is 0 Å². The van der Waals surface area contributed by atoms with Crippen LogP contribution in [0.4, 0.5) is 0 Å². The molecule has 5 nitrogen and oxygen atoms in total. The van der Waals surface area contributed by atoms with E-state index in [1.165, 1.54) is 38.8 Å². The summed E-state index contributed by atoms with van der Waals surface area (Å²) in [6.07, 6.45) is 5.11. The van der Waals surface area contributed by atoms with Crippen molar-refractivity contribution in [3.8, 4) is 0 Å². The van der Waals surface area contributed by atoms with Gasteiger partial charge in [0.15, 0.2) is 0 Å². The number of amides is 1. The van der Waals surface area contributed by atoms with Crippen LogP contribution in [-0.2, 0) is 4.79 Å². The number of piperazine rings is 1. The van der Waals surface area contributed by atoms with Gasteiger partial charge in [-0.3, -0.25) is 9.69 Å². The molecule has 0 aromatic rings. The summed E-state index contributed by atoms with van der Waals surface area (Å²) >= 11 is 0. The number of likely N-dealkylation sites (tertiary alicyclic amines) is 1. The van der Waals surface area contributed by atoms with Crippen molar-refractivity contribution in [1.82, 2.24) is 20.0 Å². The van der Waals surface area contributed by atoms with Gasteiger partial charge >= 0.3 is 0 Å². The van der Waals surface area contributed by atoms with Crippen molar-refractivity contribution in [3.63, 3.8) is 0 Å². The molecule has 5 heteroatoms. The first-order valence-corrected chi connectivity index (χ1v) is 9.12. The summed E-state index contributed by atoms with van der Waals surface area (Å²) in [5.41, 5.74) is 0. The Kier molecular flexibility index (Phi) is 5.71. The molecule has 0 aromatic heterocycles. The molecule has 0 spiro atoms. The largest absolute Gasteiger partial charge is 0.342 e. The van der Waals surface area contributed by atoms with Gasteiger partial charge in [0, 0.05) is 39.3 Å². The fourth-order valence-corrected chi connectivity index (χ4v) is 4.23. The Hall–Kier alpha value is -0.650. The van der Waals surface area contributed by atoms with Gasteiger partial charge in [-0.2, -0.15) is 0 Å². The standard InChI is InChI=1S/C17H32N4O/c1-19-10-12-20(13-11-19)14-17(22)21-8-4-16(5-9-21)15-2-6-18-7-3-15/h15-16,18H,2-14H2,1H3. The molecule has 0 aromatic carbocycles. The topological polar surface area (TPSA) is 38.8 Å². The van der Waals surface area contributed by atoms with Gasteiger partial charge < -0.3 is 15.1 Å². The molecule has 0 bridgehead atoms. The van der Waals surface area contributed by atoms with E-state index in [9.17, 15) is 4.79 Å². The molecule has 1 N–H and O–H groups in total. The van der Waals surface area contributed by atoms with Crippen molar-refractivity contribution in [3.05, 3.63) is 0 Å². The second-order valence-electron chi connectivity index (χ2n) is 7.39. The van der Waals surface area contributed by atoms with Gasteiger partial charge in [-0.1, -0.05) is 0 Å². The Morgan fingerprint density at radius 2 is 1.50 bits per heavy atom. The third-order valence-electron chi connectivity index (χ3n) is 5.90. The van der Waals surface area contributed by atoms with Crippen LogP contribution in [0.5, 0.6) is 0 Å². The molecule has 3 aliphatic rings. The van der Waals surface area contributed by atoms with Gasteiger partial charge in [0.2, 0.25) is 5.91 Å². The van der Waals surface area contributed by atoms with Crippen molar-refractivity contribution < 1.29 is 4.79 Å². The van der Waals surface area contributed by atoms with Crippen molar-refractivity contribution in [2.45, 2.75) is 25.7 Å². The number of nitrogens with zero attached hydrogens (tertiary/aromatic N) is 3. The Morgan fingerprint density at radius 3 is 2.14 bits per heavy atom. The summed E-state index contributed by atoms with van der Waals surface area (Å²) in [6.45, 7) is 9.23. The van der Waals surface area contributed by atoms with Crippen molar-refractivity contribution in [2.75, 3.05) is 66.0 Å². The van der Waals surface area contributed by atoms with Crippen LogP contribution >= 0.6 is 0 Å². The number of nitrogens with one attached hydrogen (secondary N) is 1. The number of carbonyl (C=O) groups is 1. The first-order chi connectivity index (χ1) is 10.7. The Morgan fingerprint density at radius 1 is 0.909 bits per heavy atom. The average molecular weight is 308 g/mol. The zero-order chi connectivity index (χ0) is 15.4. The molecular formula is C17H32N4O. The van der Waals surface area contributed by atoms with E-state index in [1.54, 1.807) is 0 Å². The Bertz CT molecular complexity index is 354. The van der Waals surface area contributed by atoms with Crippen LogP contribution in [-0.4, -0.2) is 86.6 Å². The van der Waals surface area contributed by atoms with E-state index >= 15 is 0 Å². The highest BCUT2D eigenvalue weighted by atomic mass is 16.2. The van der Waals surface area contributed by atoms with Crippen molar-refractivity contribution in [1.29, 1.82) is 0 Å². The van der Waals surface area contributed by atoms with E-state index in [0.717, 1.165) is 51.1 Å². The maximum Gasteiger partial charge on any atom is 0.236 e. The Balaban J connectivity index is 1.39. The highest BCUT2D eigenvalue weighted by Gasteiger charge is 2.29. The average Bonchev–Trinajstić information content (AvgIpc) is 2.58. The number of rotatable bonds is 3. The lowest BCUT2D eigenvalue weighted by molar-refractivity contribution is -0.134. The minimum atomic E-state index is 0.355. The summed E-state index contributed by atoms with van der Waals surface area (Å²) in [5.74, 6) is 2.11. The van der Waals surface area contributed by atoms with Gasteiger partial charge in [-0.15, -0.1) is 0 Å². The SMILES string of the molecule is CN1CCN(CC(=O)N2CCC(C3CCNCC3)CC2)CC1. The molecule has 3 heterocycles. The minimum Gasteiger partial charge on any atom is -0.342 e. The molecule has 0 radical (unpaired) electrons. The Labute approximate surface area is 135 Å². The van der Waals surface area contributed by atoms with E-state index in [2.05, 4.69) is 27.1 Å². The quantitative estimate of drug-likeness (QED) is 0.823. The highest BCUT2D eigenvalue weighted by molar-refractivity contribution is 5.78. The molecule has 1 amide bonds. The first-order valence-electron chi connectivity index (χ1n) is 9.12. The monoisotopic (exact) mass is 308 g/mol. The van der Waals surface area contributed by atoms with Gasteiger partial charge in [0.05, 0.1) is 6.54 Å². The number of carbonyl (C=O) groups excluding carboxylic acids is 1. The van der Waals surface area contributed by atoms with Crippen LogP contribution < -0.4 is 5.32 Å². The van der Waals surface area contributed by atoms with E-state index in [4.69, 9.17) is 0 Å². The molecule has 3 aliphatic heterocycles. The van der Waals surface area contributed by atoms with Gasteiger partial charge in [-0.05, 0) is 57.7 Å². The maximum atomic E-state index is 12.5. The predicted octanol–water partition coefficient (Wildman–Crippen LogP) is 0.472. The number of hydrogen-bond donors (Lipinski definition) is 1. The summed E-state index contributed by atoms with van der Waals surface area (Å²) in [5, 5.41) is 3.46. The summed E-state index contributed by atoms with van der Waals surface area (Å²) in [6, 6.07) is 0. The molecule has 0 unspecified atom stereocenters. The van der Waals surface area contributed by atoms with Crippen LogP contribution in [0.2, 0.25) is 0 Å². The fraction of sp³-hybridized carbons (Fsp3) is 0.941. The lowest BCUT2D eigenvalue weighted by atomic mass is 9.79. The van der Waals surface area contributed by atoms with E-state index in [0.29, 0.717) is 12.5 Å². The van der Waals surface area contributed by atoms with E-state index in [1.807, 2.05) is 0 Å². The number of likely N-dealkylation sites (N-methyl/N-ethyl adjacent to an activating group) is 1. The van der Waals surface area contributed by atoms with Gasteiger partial charge in [-0.25, -0.2) is 0 Å². The van der Waals surface area contributed by atoms with Crippen LogP contribution in [0, 0.1) is 11.8 Å². The van der Waals surface area contributed by atoms with Crippen molar-refractivity contribution >= 4 is 5.91 Å². The zero-order valence-corrected chi connectivity index (χ0v) is 14.1. The molecule has 3 saturated heterocycles. The van der Waals surface area contributed by atoms with Gasteiger partial charge in [0.25, 0.3) is 0 Å². The third kappa shape index (κ3) is 4.21. The zero-order valence-electron chi connectivity index (χ0n) is 14.1. The second-order valence-corrected chi connectivity index (χ2v) is 7.39. The van der Waals surface area contributed by atoms with Crippen LogP contribution in [0.1, 0.15) is 25.7 Å².